The minimum atomic E-state index is -0.704. The van der Waals surface area contributed by atoms with Crippen LogP contribution in [0.1, 0.15) is 22.7 Å². The average Bonchev–Trinajstić information content (AvgIpc) is 2.77. The molecule has 2 amide bonds. The van der Waals surface area contributed by atoms with E-state index in [4.69, 9.17) is 0 Å². The van der Waals surface area contributed by atoms with Crippen LogP contribution in [0.5, 0.6) is 0 Å². The summed E-state index contributed by atoms with van der Waals surface area (Å²) in [5, 5.41) is 0. The molecule has 0 aromatic heterocycles. The third-order valence-corrected chi connectivity index (χ3v) is 6.40. The number of nitrogens with zero attached hydrogens (tertiary/aromatic N) is 2. The smallest absolute Gasteiger partial charge is 0.255 e. The van der Waals surface area contributed by atoms with Gasteiger partial charge in [-0.05, 0) is 67.1 Å². The lowest BCUT2D eigenvalue weighted by molar-refractivity contribution is -0.128. The monoisotopic (exact) mass is 416 g/mol. The highest BCUT2D eigenvalue weighted by Crippen LogP contribution is 2.36. The van der Waals surface area contributed by atoms with Crippen LogP contribution in [0.2, 0.25) is 0 Å². The fraction of sp³-hybridized carbons (Fsp3) is 0.200. The molecule has 152 valence electrons. The van der Waals surface area contributed by atoms with E-state index in [0.29, 0.717) is 0 Å². The third-order valence-electron chi connectivity index (χ3n) is 5.65. The molecule has 0 N–H and O–H groups in total. The van der Waals surface area contributed by atoms with Crippen LogP contribution < -0.4 is 9.80 Å². The molecule has 1 fully saturated rings. The fourth-order valence-electron chi connectivity index (χ4n) is 3.88. The number of carbonyl (C=O) groups excluding carboxylic acids is 2. The van der Waals surface area contributed by atoms with E-state index >= 15 is 0 Å². The van der Waals surface area contributed by atoms with E-state index in [9.17, 15) is 9.59 Å². The van der Waals surface area contributed by atoms with Gasteiger partial charge in [0.25, 0.3) is 5.91 Å². The molecule has 0 radical (unpaired) electrons. The van der Waals surface area contributed by atoms with Crippen molar-refractivity contribution in [1.82, 2.24) is 0 Å². The second kappa shape index (κ2) is 8.36. The summed E-state index contributed by atoms with van der Waals surface area (Å²) in [6.45, 7) is 4.04. The van der Waals surface area contributed by atoms with Gasteiger partial charge in [-0.25, -0.2) is 0 Å². The van der Waals surface area contributed by atoms with Gasteiger partial charge in [0, 0.05) is 16.3 Å². The molecule has 5 heteroatoms. The maximum atomic E-state index is 13.8. The molecule has 1 aliphatic heterocycles. The van der Waals surface area contributed by atoms with Crippen molar-refractivity contribution in [3.8, 4) is 0 Å². The first-order chi connectivity index (χ1) is 14.5. The molecule has 30 heavy (non-hydrogen) atoms. The van der Waals surface area contributed by atoms with E-state index < -0.39 is 6.04 Å². The summed E-state index contributed by atoms with van der Waals surface area (Å²) >= 11 is 1.65. The summed E-state index contributed by atoms with van der Waals surface area (Å²) < 4.78 is 0. The highest BCUT2D eigenvalue weighted by Gasteiger charge is 2.42. The number of hydrogen-bond acceptors (Lipinski definition) is 3. The second-order valence-corrected chi connectivity index (χ2v) is 8.30. The van der Waals surface area contributed by atoms with E-state index in [1.165, 1.54) is 0 Å². The Balaban J connectivity index is 1.83. The Morgan fingerprint density at radius 1 is 0.867 bits per heavy atom. The maximum absolute atomic E-state index is 13.8. The summed E-state index contributed by atoms with van der Waals surface area (Å²) in [6, 6.07) is 22.5. The van der Waals surface area contributed by atoms with Crippen molar-refractivity contribution in [1.29, 1.82) is 0 Å². The minimum absolute atomic E-state index is 0.0252. The zero-order chi connectivity index (χ0) is 21.3. The van der Waals surface area contributed by atoms with Crippen molar-refractivity contribution in [3.63, 3.8) is 0 Å². The first-order valence-corrected chi connectivity index (χ1v) is 11.1. The molecule has 1 saturated heterocycles. The molecule has 0 saturated carbocycles. The maximum Gasteiger partial charge on any atom is 0.255 e. The number of para-hydroxylation sites is 1. The van der Waals surface area contributed by atoms with Gasteiger partial charge in [0.05, 0.1) is 0 Å². The lowest BCUT2D eigenvalue weighted by Crippen LogP contribution is -2.56. The van der Waals surface area contributed by atoms with Crippen molar-refractivity contribution < 1.29 is 9.59 Å². The zero-order valence-electron chi connectivity index (χ0n) is 17.3. The van der Waals surface area contributed by atoms with E-state index in [1.54, 1.807) is 21.6 Å². The van der Waals surface area contributed by atoms with E-state index in [2.05, 4.69) is 0 Å². The normalized spacial score (nSPS) is 16.8. The molecule has 4 rings (SSSR count). The van der Waals surface area contributed by atoms with E-state index in [-0.39, 0.29) is 18.4 Å². The number of anilines is 2. The zero-order valence-corrected chi connectivity index (χ0v) is 18.1. The highest BCUT2D eigenvalue weighted by molar-refractivity contribution is 7.98. The first kappa shape index (κ1) is 20.2. The molecule has 1 heterocycles. The molecular weight excluding hydrogens is 392 g/mol. The van der Waals surface area contributed by atoms with Crippen LogP contribution in [0.25, 0.3) is 0 Å². The number of aryl methyl sites for hydroxylation is 1. The molecule has 3 aromatic carbocycles. The number of rotatable bonds is 4. The van der Waals surface area contributed by atoms with Crippen LogP contribution in [-0.2, 0) is 9.59 Å². The van der Waals surface area contributed by atoms with Gasteiger partial charge in [-0.15, -0.1) is 11.8 Å². The van der Waals surface area contributed by atoms with Crippen LogP contribution in [0.3, 0.4) is 0 Å². The minimum Gasteiger partial charge on any atom is -0.301 e. The van der Waals surface area contributed by atoms with Crippen molar-refractivity contribution in [2.75, 3.05) is 22.6 Å². The lowest BCUT2D eigenvalue weighted by atomic mass is 9.98. The van der Waals surface area contributed by atoms with Gasteiger partial charge in [-0.3, -0.25) is 14.5 Å². The summed E-state index contributed by atoms with van der Waals surface area (Å²) in [5.41, 5.74) is 4.45. The molecule has 0 bridgehead atoms. The Morgan fingerprint density at radius 3 is 2.23 bits per heavy atom. The molecule has 1 atom stereocenters. The number of piperazine rings is 1. The molecule has 0 aliphatic carbocycles. The average molecular weight is 417 g/mol. The predicted octanol–water partition coefficient (Wildman–Crippen LogP) is 5.15. The number of carbonyl (C=O) groups is 2. The summed E-state index contributed by atoms with van der Waals surface area (Å²) in [6.07, 6.45) is 2.02. The van der Waals surface area contributed by atoms with E-state index in [1.807, 2.05) is 92.9 Å². The Kier molecular flexibility index (Phi) is 5.64. The Morgan fingerprint density at radius 2 is 1.57 bits per heavy atom. The molecule has 4 nitrogen and oxygen atoms in total. The summed E-state index contributed by atoms with van der Waals surface area (Å²) in [5.74, 6) is -0.190. The van der Waals surface area contributed by atoms with Gasteiger partial charge in [-0.2, -0.15) is 0 Å². The topological polar surface area (TPSA) is 40.6 Å². The predicted molar refractivity (Wildman–Crippen MR) is 123 cm³/mol. The highest BCUT2D eigenvalue weighted by atomic mass is 32.2. The van der Waals surface area contributed by atoms with Gasteiger partial charge in [0.1, 0.15) is 12.6 Å². The summed E-state index contributed by atoms with van der Waals surface area (Å²) in [4.78, 5) is 31.5. The van der Waals surface area contributed by atoms with Gasteiger partial charge in [0.15, 0.2) is 0 Å². The van der Waals surface area contributed by atoms with Gasteiger partial charge >= 0.3 is 0 Å². The lowest BCUT2D eigenvalue weighted by Gasteiger charge is -2.41. The number of benzene rings is 3. The van der Waals surface area contributed by atoms with Crippen molar-refractivity contribution >= 4 is 35.0 Å². The molecule has 0 spiro atoms. The van der Waals surface area contributed by atoms with Crippen LogP contribution in [0.4, 0.5) is 11.4 Å². The third kappa shape index (κ3) is 3.61. The Hall–Kier alpha value is -3.05. The molecule has 3 aromatic rings. The molecule has 1 aliphatic rings. The van der Waals surface area contributed by atoms with Gasteiger partial charge < -0.3 is 4.90 Å². The van der Waals surface area contributed by atoms with Crippen molar-refractivity contribution in [2.24, 2.45) is 0 Å². The Bertz CT molecular complexity index is 1080. The Labute approximate surface area is 181 Å². The number of amides is 2. The van der Waals surface area contributed by atoms with Crippen molar-refractivity contribution in [2.45, 2.75) is 24.8 Å². The number of hydrogen-bond donors (Lipinski definition) is 0. The summed E-state index contributed by atoms with van der Waals surface area (Å²) in [7, 11) is 0. The quantitative estimate of drug-likeness (QED) is 0.553. The molecule has 1 unspecified atom stereocenters. The van der Waals surface area contributed by atoms with Crippen LogP contribution in [-0.4, -0.2) is 24.6 Å². The van der Waals surface area contributed by atoms with Gasteiger partial charge in [0.2, 0.25) is 5.91 Å². The largest absolute Gasteiger partial charge is 0.301 e. The standard InChI is InChI=1S/C25H24N2O2S/c1-17-8-7-11-22(18(17)2)26-16-23(28)27(20-9-5-4-6-10-20)24(25(26)29)19-12-14-21(30-3)15-13-19/h4-15,24H,16H2,1-3H3. The van der Waals surface area contributed by atoms with E-state index in [0.717, 1.165) is 33.0 Å². The van der Waals surface area contributed by atoms with Crippen LogP contribution >= 0.6 is 11.8 Å². The first-order valence-electron chi connectivity index (χ1n) is 9.90. The molecular formula is C25H24N2O2S. The van der Waals surface area contributed by atoms with Gasteiger partial charge in [-0.1, -0.05) is 42.5 Å². The number of thioether (sulfide) groups is 1. The second-order valence-electron chi connectivity index (χ2n) is 7.42. The fourth-order valence-corrected chi connectivity index (χ4v) is 4.29. The van der Waals surface area contributed by atoms with Crippen molar-refractivity contribution in [3.05, 3.63) is 89.5 Å². The van der Waals surface area contributed by atoms with Crippen LogP contribution in [0.15, 0.2) is 77.7 Å². The SMILES string of the molecule is CSc1ccc(C2C(=O)N(c3cccc(C)c3C)CC(=O)N2c2ccccc2)cc1. The van der Waals surface area contributed by atoms with Crippen LogP contribution in [0, 0.1) is 13.8 Å².